The van der Waals surface area contributed by atoms with Crippen molar-refractivity contribution in [1.82, 2.24) is 9.97 Å². The summed E-state index contributed by atoms with van der Waals surface area (Å²) in [5, 5.41) is 10.3. The maximum atomic E-state index is 12.3. The summed E-state index contributed by atoms with van der Waals surface area (Å²) in [6, 6.07) is 6.49. The fraction of sp³-hybridized carbons (Fsp3) is 0.118. The molecule has 0 spiro atoms. The molecule has 3 aromatic rings. The van der Waals surface area contributed by atoms with E-state index in [2.05, 4.69) is 9.97 Å². The lowest BCUT2D eigenvalue weighted by molar-refractivity contribution is 0.0691. The van der Waals surface area contributed by atoms with Gasteiger partial charge in [-0.1, -0.05) is 0 Å². The highest BCUT2D eigenvalue weighted by Gasteiger charge is 2.20. The zero-order valence-electron chi connectivity index (χ0n) is 13.0. The zero-order chi connectivity index (χ0) is 17.3. The number of hydrogen-bond donors (Lipinski definition) is 2. The molecule has 2 N–H and O–H groups in total. The Morgan fingerprint density at radius 1 is 1.08 bits per heavy atom. The van der Waals surface area contributed by atoms with Crippen molar-refractivity contribution in [2.75, 3.05) is 14.2 Å². The van der Waals surface area contributed by atoms with Gasteiger partial charge in [-0.3, -0.25) is 9.78 Å². The number of rotatable bonds is 4. The topological polar surface area (TPSA) is 102 Å². The summed E-state index contributed by atoms with van der Waals surface area (Å²) in [5.41, 5.74) is 0.309. The van der Waals surface area contributed by atoms with Crippen molar-refractivity contribution in [3.63, 3.8) is 0 Å². The summed E-state index contributed by atoms with van der Waals surface area (Å²) < 4.78 is 10.5. The van der Waals surface area contributed by atoms with Crippen molar-refractivity contribution in [3.8, 4) is 22.6 Å². The van der Waals surface area contributed by atoms with Crippen LogP contribution in [0, 0.1) is 0 Å². The number of carboxylic acids is 1. The minimum Gasteiger partial charge on any atom is -0.493 e. The molecule has 2 heterocycles. The Morgan fingerprint density at radius 3 is 2.21 bits per heavy atom. The Labute approximate surface area is 136 Å². The van der Waals surface area contributed by atoms with Gasteiger partial charge >= 0.3 is 5.97 Å². The number of ether oxygens (including phenoxy) is 2. The van der Waals surface area contributed by atoms with E-state index < -0.39 is 11.5 Å². The molecular weight excluding hydrogens is 312 g/mol. The molecule has 2 aromatic heterocycles. The van der Waals surface area contributed by atoms with E-state index >= 15 is 0 Å². The quantitative estimate of drug-likeness (QED) is 0.763. The van der Waals surface area contributed by atoms with Gasteiger partial charge < -0.3 is 19.6 Å². The van der Waals surface area contributed by atoms with Crippen molar-refractivity contribution in [3.05, 3.63) is 52.7 Å². The summed E-state index contributed by atoms with van der Waals surface area (Å²) >= 11 is 0. The molecule has 0 radical (unpaired) electrons. The first-order chi connectivity index (χ1) is 11.6. The first-order valence-corrected chi connectivity index (χ1v) is 7.02. The average molecular weight is 326 g/mol. The number of nitrogens with zero attached hydrogens (tertiary/aromatic N) is 1. The number of aromatic carboxylic acids is 1. The number of H-pyrrole nitrogens is 1. The van der Waals surface area contributed by atoms with Crippen LogP contribution in [0.4, 0.5) is 0 Å². The molecule has 0 atom stereocenters. The second-order valence-corrected chi connectivity index (χ2v) is 5.00. The summed E-state index contributed by atoms with van der Waals surface area (Å²) in [6.07, 6.45) is 3.11. The molecule has 122 valence electrons. The van der Waals surface area contributed by atoms with Crippen LogP contribution in [0.15, 0.2) is 41.5 Å². The van der Waals surface area contributed by atoms with Gasteiger partial charge in [0.25, 0.3) is 5.56 Å². The van der Waals surface area contributed by atoms with Crippen LogP contribution in [0.2, 0.25) is 0 Å². The van der Waals surface area contributed by atoms with Gasteiger partial charge in [-0.05, 0) is 29.8 Å². The maximum Gasteiger partial charge on any atom is 0.353 e. The van der Waals surface area contributed by atoms with Crippen LogP contribution in [0.5, 0.6) is 11.5 Å². The molecule has 0 bridgehead atoms. The highest BCUT2D eigenvalue weighted by atomic mass is 16.5. The molecule has 0 saturated heterocycles. The predicted molar refractivity (Wildman–Crippen MR) is 87.9 cm³/mol. The Bertz CT molecular complexity index is 980. The lowest BCUT2D eigenvalue weighted by atomic mass is 9.97. The Morgan fingerprint density at radius 2 is 1.67 bits per heavy atom. The number of nitrogens with one attached hydrogen (secondary N) is 1. The molecule has 1 aromatic carbocycles. The molecule has 24 heavy (non-hydrogen) atoms. The number of carbonyl (C=O) groups is 1. The summed E-state index contributed by atoms with van der Waals surface area (Å²) in [4.78, 5) is 30.3. The smallest absolute Gasteiger partial charge is 0.353 e. The molecular formula is C17H14N2O5. The Kier molecular flexibility index (Phi) is 3.91. The van der Waals surface area contributed by atoms with Crippen LogP contribution in [-0.4, -0.2) is 35.3 Å². The van der Waals surface area contributed by atoms with E-state index in [9.17, 15) is 14.7 Å². The Balaban J connectivity index is 2.50. The fourth-order valence-electron chi connectivity index (χ4n) is 2.63. The molecule has 0 amide bonds. The molecule has 3 rings (SSSR count). The molecule has 0 aliphatic rings. The van der Waals surface area contributed by atoms with Crippen molar-refractivity contribution < 1.29 is 19.4 Å². The third kappa shape index (κ3) is 2.45. The summed E-state index contributed by atoms with van der Waals surface area (Å²) in [5.74, 6) is -0.433. The van der Waals surface area contributed by atoms with E-state index in [4.69, 9.17) is 9.47 Å². The molecule has 0 saturated carbocycles. The van der Waals surface area contributed by atoms with E-state index in [0.717, 1.165) is 0 Å². The van der Waals surface area contributed by atoms with Gasteiger partial charge in [-0.2, -0.15) is 0 Å². The second kappa shape index (κ2) is 6.04. The standard InChI is InChI=1S/C17H14N2O5/c1-23-12-7-10-11(8-13(12)24-2)16(20)19-15(17(21)22)14(10)9-3-5-18-6-4-9/h3-8H,1-2H3,(H,19,20)(H,21,22). The number of aromatic nitrogens is 2. The molecule has 0 unspecified atom stereocenters. The zero-order valence-corrected chi connectivity index (χ0v) is 13.0. The normalized spacial score (nSPS) is 10.6. The summed E-state index contributed by atoms with van der Waals surface area (Å²) in [7, 11) is 2.94. The van der Waals surface area contributed by atoms with Gasteiger partial charge in [0.1, 0.15) is 5.69 Å². The van der Waals surface area contributed by atoms with Crippen LogP contribution >= 0.6 is 0 Å². The monoisotopic (exact) mass is 326 g/mol. The van der Waals surface area contributed by atoms with E-state index in [0.29, 0.717) is 33.4 Å². The van der Waals surface area contributed by atoms with Gasteiger partial charge in [0.05, 0.1) is 19.6 Å². The van der Waals surface area contributed by atoms with Crippen LogP contribution < -0.4 is 15.0 Å². The van der Waals surface area contributed by atoms with Crippen LogP contribution in [0.3, 0.4) is 0 Å². The van der Waals surface area contributed by atoms with E-state index in [1.807, 2.05) is 0 Å². The molecule has 0 aliphatic carbocycles. The number of methoxy groups -OCH3 is 2. The van der Waals surface area contributed by atoms with Gasteiger partial charge in [-0.15, -0.1) is 0 Å². The lowest BCUT2D eigenvalue weighted by Gasteiger charge is -2.13. The van der Waals surface area contributed by atoms with Crippen molar-refractivity contribution in [2.45, 2.75) is 0 Å². The average Bonchev–Trinajstić information content (AvgIpc) is 2.61. The highest BCUT2D eigenvalue weighted by molar-refractivity contribution is 6.06. The number of aromatic amines is 1. The first kappa shape index (κ1) is 15.5. The number of carboxylic acid groups (broad SMARTS) is 1. The lowest BCUT2D eigenvalue weighted by Crippen LogP contribution is -2.15. The SMILES string of the molecule is COc1cc2c(-c3ccncc3)c(C(=O)O)[nH]c(=O)c2cc1OC. The van der Waals surface area contributed by atoms with Crippen LogP contribution in [-0.2, 0) is 0 Å². The molecule has 7 heteroatoms. The van der Waals surface area contributed by atoms with Gasteiger partial charge in [0.15, 0.2) is 11.5 Å². The number of hydrogen-bond acceptors (Lipinski definition) is 5. The number of fused-ring (bicyclic) bond motifs is 1. The molecule has 0 fully saturated rings. The highest BCUT2D eigenvalue weighted by Crippen LogP contribution is 2.36. The number of pyridine rings is 2. The maximum absolute atomic E-state index is 12.3. The van der Waals surface area contributed by atoms with Crippen molar-refractivity contribution in [1.29, 1.82) is 0 Å². The van der Waals surface area contributed by atoms with Crippen LogP contribution in [0.25, 0.3) is 21.9 Å². The van der Waals surface area contributed by atoms with Gasteiger partial charge in [-0.25, -0.2) is 4.79 Å². The van der Waals surface area contributed by atoms with Crippen molar-refractivity contribution in [2.24, 2.45) is 0 Å². The Hall–Kier alpha value is -3.35. The largest absolute Gasteiger partial charge is 0.493 e. The molecule has 7 nitrogen and oxygen atoms in total. The number of benzene rings is 1. The predicted octanol–water partition coefficient (Wildman–Crippen LogP) is 2.31. The van der Waals surface area contributed by atoms with E-state index in [-0.39, 0.29) is 5.69 Å². The van der Waals surface area contributed by atoms with E-state index in [1.54, 1.807) is 30.6 Å². The first-order valence-electron chi connectivity index (χ1n) is 7.02. The minimum atomic E-state index is -1.23. The molecule has 0 aliphatic heterocycles. The van der Waals surface area contributed by atoms with Gasteiger partial charge in [0.2, 0.25) is 0 Å². The fourth-order valence-corrected chi connectivity index (χ4v) is 2.63. The third-order valence-corrected chi connectivity index (χ3v) is 3.71. The van der Waals surface area contributed by atoms with E-state index in [1.165, 1.54) is 20.3 Å². The van der Waals surface area contributed by atoms with Crippen LogP contribution in [0.1, 0.15) is 10.5 Å². The second-order valence-electron chi connectivity index (χ2n) is 5.00. The van der Waals surface area contributed by atoms with Gasteiger partial charge in [0, 0.05) is 23.3 Å². The third-order valence-electron chi connectivity index (χ3n) is 3.71. The summed E-state index contributed by atoms with van der Waals surface area (Å²) in [6.45, 7) is 0. The minimum absolute atomic E-state index is 0.189. The van der Waals surface area contributed by atoms with Crippen molar-refractivity contribution >= 4 is 16.7 Å².